The van der Waals surface area contributed by atoms with Crippen molar-refractivity contribution in [1.82, 2.24) is 0 Å². The quantitative estimate of drug-likeness (QED) is 0.422. The van der Waals surface area contributed by atoms with Crippen LogP contribution in [0.5, 0.6) is 0 Å². The summed E-state index contributed by atoms with van der Waals surface area (Å²) in [4.78, 5) is 0.618. The maximum atomic E-state index is 12.6. The third-order valence-corrected chi connectivity index (χ3v) is 2.76. The summed E-state index contributed by atoms with van der Waals surface area (Å²) in [5.74, 6) is -0.412. The molecule has 1 aromatic carbocycles. The predicted molar refractivity (Wildman–Crippen MR) is 50.8 cm³/mol. The minimum Gasteiger partial charge on any atom is -0.396 e. The van der Waals surface area contributed by atoms with Crippen molar-refractivity contribution in [1.29, 1.82) is 0 Å². The maximum Gasteiger partial charge on any atom is 0.147 e. The third-order valence-electron chi connectivity index (χ3n) is 1.07. The Morgan fingerprint density at radius 1 is 1.50 bits per heavy atom. The molecular weight excluding hydrogens is 264 g/mol. The summed E-state index contributed by atoms with van der Waals surface area (Å²) in [5.41, 5.74) is 5.44. The smallest absolute Gasteiger partial charge is 0.147 e. The van der Waals surface area contributed by atoms with Crippen LogP contribution in [0.25, 0.3) is 0 Å². The lowest BCUT2D eigenvalue weighted by Gasteiger charge is -1.99. The molecule has 4 heteroatoms. The third kappa shape index (κ3) is 1.54. The molecule has 1 rings (SSSR count). The number of anilines is 1. The van der Waals surface area contributed by atoms with E-state index in [0.29, 0.717) is 4.90 Å². The fourth-order valence-corrected chi connectivity index (χ4v) is 1.22. The van der Waals surface area contributed by atoms with Crippen LogP contribution in [0.15, 0.2) is 17.0 Å². The summed E-state index contributed by atoms with van der Waals surface area (Å²) in [6.45, 7) is 0. The summed E-state index contributed by atoms with van der Waals surface area (Å²) < 4.78 is 13.4. The second-order valence-corrected chi connectivity index (χ2v) is 3.47. The van der Waals surface area contributed by atoms with Gasteiger partial charge >= 0.3 is 0 Å². The largest absolute Gasteiger partial charge is 0.396 e. The Hall–Kier alpha value is 0.0300. The molecule has 0 aromatic heterocycles. The van der Waals surface area contributed by atoms with E-state index in [-0.39, 0.29) is 5.69 Å². The van der Waals surface area contributed by atoms with E-state index in [9.17, 15) is 4.39 Å². The summed E-state index contributed by atoms with van der Waals surface area (Å²) in [5, 5.41) is 0. The first-order chi connectivity index (χ1) is 4.61. The van der Waals surface area contributed by atoms with E-state index in [1.165, 1.54) is 6.07 Å². The van der Waals surface area contributed by atoms with Crippen LogP contribution >= 0.6 is 35.2 Å². The Bertz CT molecular complexity index is 214. The lowest BCUT2D eigenvalue weighted by atomic mass is 10.3. The molecule has 0 spiro atoms. The highest BCUT2D eigenvalue weighted by Gasteiger charge is 2.01. The van der Waals surface area contributed by atoms with Crippen LogP contribution in [0.1, 0.15) is 0 Å². The van der Waals surface area contributed by atoms with E-state index < -0.39 is 5.82 Å². The van der Waals surface area contributed by atoms with E-state index in [1.54, 1.807) is 6.07 Å². The normalized spacial score (nSPS) is 9.90. The van der Waals surface area contributed by atoms with Crippen LogP contribution in [-0.4, -0.2) is 0 Å². The minimum atomic E-state index is -0.412. The number of hydrogen-bond donors (Lipinski definition) is 2. The number of halogens is 2. The first kappa shape index (κ1) is 8.13. The molecule has 0 fully saturated rings. The van der Waals surface area contributed by atoms with E-state index in [2.05, 4.69) is 12.6 Å². The van der Waals surface area contributed by atoms with Gasteiger partial charge in [0, 0.05) is 8.47 Å². The van der Waals surface area contributed by atoms with Gasteiger partial charge in [0.15, 0.2) is 0 Å². The molecular formula is C6H5FINS. The van der Waals surface area contributed by atoms with Crippen molar-refractivity contribution in [3.63, 3.8) is 0 Å². The van der Waals surface area contributed by atoms with Gasteiger partial charge in [0.1, 0.15) is 5.82 Å². The van der Waals surface area contributed by atoms with E-state index in [1.807, 2.05) is 22.6 Å². The molecule has 0 heterocycles. The molecule has 0 bridgehead atoms. The molecule has 0 unspecified atom stereocenters. The highest BCUT2D eigenvalue weighted by molar-refractivity contribution is 14.1. The van der Waals surface area contributed by atoms with Crippen LogP contribution in [0.2, 0.25) is 0 Å². The van der Waals surface area contributed by atoms with E-state index >= 15 is 0 Å². The van der Waals surface area contributed by atoms with Crippen molar-refractivity contribution in [2.24, 2.45) is 0 Å². The first-order valence-corrected chi connectivity index (χ1v) is 4.07. The monoisotopic (exact) mass is 269 g/mol. The number of hydrogen-bond acceptors (Lipinski definition) is 2. The van der Waals surface area contributed by atoms with E-state index in [0.717, 1.165) is 3.57 Å². The molecule has 0 aliphatic rings. The highest BCUT2D eigenvalue weighted by atomic mass is 127. The van der Waals surface area contributed by atoms with Crippen molar-refractivity contribution < 1.29 is 4.39 Å². The fraction of sp³-hybridized carbons (Fsp3) is 0. The average molecular weight is 269 g/mol. The minimum absolute atomic E-state index is 0.169. The summed E-state index contributed by atoms with van der Waals surface area (Å²) in [6.07, 6.45) is 0. The molecule has 0 saturated carbocycles. The SMILES string of the molecule is Nc1cc(I)c(S)cc1F. The lowest BCUT2D eigenvalue weighted by Crippen LogP contribution is -1.91. The molecule has 0 radical (unpaired) electrons. The van der Waals surface area contributed by atoms with Gasteiger partial charge in [-0.05, 0) is 34.7 Å². The molecule has 2 N–H and O–H groups in total. The molecule has 1 nitrogen and oxygen atoms in total. The topological polar surface area (TPSA) is 26.0 Å². The molecule has 0 atom stereocenters. The Kier molecular flexibility index (Phi) is 2.40. The van der Waals surface area contributed by atoms with Crippen LogP contribution in [0.3, 0.4) is 0 Å². The molecule has 1 aromatic rings. The van der Waals surface area contributed by atoms with Crippen LogP contribution in [0.4, 0.5) is 10.1 Å². The second-order valence-electron chi connectivity index (χ2n) is 1.83. The Labute approximate surface area is 77.4 Å². The van der Waals surface area contributed by atoms with Gasteiger partial charge in [0.2, 0.25) is 0 Å². The van der Waals surface area contributed by atoms with E-state index in [4.69, 9.17) is 5.73 Å². The summed E-state index contributed by atoms with van der Waals surface area (Å²) in [7, 11) is 0. The van der Waals surface area contributed by atoms with Gasteiger partial charge in [-0.15, -0.1) is 12.6 Å². The van der Waals surface area contributed by atoms with Gasteiger partial charge in [0.05, 0.1) is 5.69 Å². The molecule has 0 aliphatic heterocycles. The standard InChI is InChI=1S/C6H5FINS/c7-3-1-6(10)4(8)2-5(3)9/h1-2,10H,9H2. The molecule has 10 heavy (non-hydrogen) atoms. The molecule has 0 amide bonds. The predicted octanol–water partition coefficient (Wildman–Crippen LogP) is 2.30. The van der Waals surface area contributed by atoms with Crippen molar-refractivity contribution in [3.05, 3.63) is 21.5 Å². The van der Waals surface area contributed by atoms with Gasteiger partial charge in [-0.25, -0.2) is 4.39 Å². The molecule has 54 valence electrons. The first-order valence-electron chi connectivity index (χ1n) is 2.54. The van der Waals surface area contributed by atoms with Gasteiger partial charge in [-0.1, -0.05) is 0 Å². The zero-order valence-electron chi connectivity index (χ0n) is 4.94. The van der Waals surface area contributed by atoms with Gasteiger partial charge < -0.3 is 5.73 Å². The highest BCUT2D eigenvalue weighted by Crippen LogP contribution is 2.21. The molecule has 0 aliphatic carbocycles. The number of rotatable bonds is 0. The Morgan fingerprint density at radius 2 is 2.10 bits per heavy atom. The maximum absolute atomic E-state index is 12.6. The van der Waals surface area contributed by atoms with Gasteiger partial charge in [-0.3, -0.25) is 0 Å². The average Bonchev–Trinajstić information content (AvgIpc) is 1.84. The second kappa shape index (κ2) is 2.96. The molecule has 0 saturated heterocycles. The van der Waals surface area contributed by atoms with Crippen LogP contribution < -0.4 is 5.73 Å². The number of nitrogen functional groups attached to an aromatic ring is 1. The van der Waals surface area contributed by atoms with Gasteiger partial charge in [-0.2, -0.15) is 0 Å². The zero-order chi connectivity index (χ0) is 7.72. The van der Waals surface area contributed by atoms with Crippen LogP contribution in [-0.2, 0) is 0 Å². The Balaban J connectivity index is 3.28. The fourth-order valence-electron chi connectivity index (χ4n) is 0.552. The number of thiol groups is 1. The van der Waals surface area contributed by atoms with Crippen LogP contribution in [0, 0.1) is 9.39 Å². The Morgan fingerprint density at radius 3 is 2.60 bits per heavy atom. The van der Waals surface area contributed by atoms with Crippen molar-refractivity contribution >= 4 is 40.9 Å². The van der Waals surface area contributed by atoms with Crippen molar-refractivity contribution in [2.75, 3.05) is 5.73 Å². The zero-order valence-corrected chi connectivity index (χ0v) is 7.99. The number of nitrogens with two attached hydrogens (primary N) is 1. The number of benzene rings is 1. The lowest BCUT2D eigenvalue weighted by molar-refractivity contribution is 0.628. The van der Waals surface area contributed by atoms with Crippen molar-refractivity contribution in [2.45, 2.75) is 4.90 Å². The summed E-state index contributed by atoms with van der Waals surface area (Å²) in [6, 6.07) is 2.86. The van der Waals surface area contributed by atoms with Crippen molar-refractivity contribution in [3.8, 4) is 0 Å². The summed E-state index contributed by atoms with van der Waals surface area (Å²) >= 11 is 6.06. The van der Waals surface area contributed by atoms with Gasteiger partial charge in [0.25, 0.3) is 0 Å².